The summed E-state index contributed by atoms with van der Waals surface area (Å²) in [5.74, 6) is -0.209. The van der Waals surface area contributed by atoms with E-state index in [0.29, 0.717) is 0 Å². The normalized spacial score (nSPS) is 9.58. The quantitative estimate of drug-likeness (QED) is 0.710. The molecule has 0 saturated carbocycles. The SMILES string of the molecule is C=C(C)Nc1ccc(F)cc1C. The minimum absolute atomic E-state index is 0.209. The Hall–Kier alpha value is -1.31. The van der Waals surface area contributed by atoms with Gasteiger partial charge in [-0.1, -0.05) is 6.58 Å². The lowest BCUT2D eigenvalue weighted by atomic mass is 10.2. The van der Waals surface area contributed by atoms with Crippen LogP contribution < -0.4 is 5.32 Å². The molecule has 1 nitrogen and oxygen atoms in total. The van der Waals surface area contributed by atoms with Gasteiger partial charge in [-0.05, 0) is 37.6 Å². The molecule has 0 spiro atoms. The number of aryl methyl sites for hydroxylation is 1. The van der Waals surface area contributed by atoms with Crippen molar-refractivity contribution in [2.45, 2.75) is 13.8 Å². The number of benzene rings is 1. The zero-order valence-electron chi connectivity index (χ0n) is 7.32. The van der Waals surface area contributed by atoms with Crippen LogP contribution in [0.2, 0.25) is 0 Å². The molecule has 0 saturated heterocycles. The Morgan fingerprint density at radius 3 is 2.67 bits per heavy atom. The first-order valence-corrected chi connectivity index (χ1v) is 3.78. The van der Waals surface area contributed by atoms with Gasteiger partial charge in [-0.25, -0.2) is 4.39 Å². The third-order valence-electron chi connectivity index (χ3n) is 1.54. The van der Waals surface area contributed by atoms with Crippen LogP contribution in [0, 0.1) is 12.7 Å². The molecule has 1 aromatic carbocycles. The summed E-state index contributed by atoms with van der Waals surface area (Å²) in [4.78, 5) is 0. The molecule has 2 heteroatoms. The van der Waals surface area contributed by atoms with Crippen LogP contribution in [0.1, 0.15) is 12.5 Å². The largest absolute Gasteiger partial charge is 0.359 e. The molecule has 0 heterocycles. The first-order chi connectivity index (χ1) is 5.59. The number of nitrogens with one attached hydrogen (secondary N) is 1. The lowest BCUT2D eigenvalue weighted by molar-refractivity contribution is 0.627. The van der Waals surface area contributed by atoms with Crippen LogP contribution in [0.25, 0.3) is 0 Å². The minimum atomic E-state index is -0.209. The Bertz CT molecular complexity index is 305. The molecule has 12 heavy (non-hydrogen) atoms. The molecule has 64 valence electrons. The van der Waals surface area contributed by atoms with Gasteiger partial charge >= 0.3 is 0 Å². The molecule has 0 amide bonds. The van der Waals surface area contributed by atoms with Crippen LogP contribution in [0.4, 0.5) is 10.1 Å². The molecule has 0 unspecified atom stereocenters. The number of allylic oxidation sites excluding steroid dienone is 1. The summed E-state index contributed by atoms with van der Waals surface area (Å²) >= 11 is 0. The van der Waals surface area contributed by atoms with Gasteiger partial charge < -0.3 is 5.32 Å². The molecule has 0 bridgehead atoms. The van der Waals surface area contributed by atoms with Gasteiger partial charge in [0.15, 0.2) is 0 Å². The standard InChI is InChI=1S/C10H12FN/c1-7(2)12-10-5-4-9(11)6-8(10)3/h4-6,12H,1H2,2-3H3. The van der Waals surface area contributed by atoms with Gasteiger partial charge in [0.25, 0.3) is 0 Å². The van der Waals surface area contributed by atoms with Gasteiger partial charge in [0.2, 0.25) is 0 Å². The first kappa shape index (κ1) is 8.78. The van der Waals surface area contributed by atoms with Crippen molar-refractivity contribution in [3.8, 4) is 0 Å². The van der Waals surface area contributed by atoms with Crippen molar-refractivity contribution in [1.29, 1.82) is 0 Å². The minimum Gasteiger partial charge on any atom is -0.359 e. The fourth-order valence-electron chi connectivity index (χ4n) is 0.997. The fourth-order valence-corrected chi connectivity index (χ4v) is 0.997. The van der Waals surface area contributed by atoms with Gasteiger partial charge in [0.05, 0.1) is 0 Å². The molecule has 1 aromatic rings. The molecule has 1 N–H and O–H groups in total. The highest BCUT2D eigenvalue weighted by atomic mass is 19.1. The summed E-state index contributed by atoms with van der Waals surface area (Å²) in [7, 11) is 0. The van der Waals surface area contributed by atoms with E-state index in [1.807, 2.05) is 13.8 Å². The van der Waals surface area contributed by atoms with Crippen molar-refractivity contribution in [3.63, 3.8) is 0 Å². The molecule has 0 radical (unpaired) electrons. The Morgan fingerprint density at radius 2 is 2.17 bits per heavy atom. The smallest absolute Gasteiger partial charge is 0.123 e. The summed E-state index contributed by atoms with van der Waals surface area (Å²) < 4.78 is 12.6. The highest BCUT2D eigenvalue weighted by Gasteiger charge is 1.98. The molecule has 0 atom stereocenters. The fraction of sp³-hybridized carbons (Fsp3) is 0.200. The van der Waals surface area contributed by atoms with Crippen molar-refractivity contribution in [2.24, 2.45) is 0 Å². The second-order valence-corrected chi connectivity index (χ2v) is 2.86. The van der Waals surface area contributed by atoms with E-state index in [1.165, 1.54) is 12.1 Å². The van der Waals surface area contributed by atoms with Crippen LogP contribution in [0.5, 0.6) is 0 Å². The molecule has 0 aliphatic heterocycles. The molecule has 1 rings (SSSR count). The van der Waals surface area contributed by atoms with Gasteiger partial charge in [-0.15, -0.1) is 0 Å². The predicted octanol–water partition coefficient (Wildman–Crippen LogP) is 3.08. The van der Waals surface area contributed by atoms with E-state index in [-0.39, 0.29) is 5.82 Å². The number of rotatable bonds is 2. The van der Waals surface area contributed by atoms with Crippen LogP contribution >= 0.6 is 0 Å². The van der Waals surface area contributed by atoms with Crippen LogP contribution in [-0.4, -0.2) is 0 Å². The molecular formula is C10H12FN. The maximum atomic E-state index is 12.6. The maximum absolute atomic E-state index is 12.6. The summed E-state index contributed by atoms with van der Waals surface area (Å²) in [6.07, 6.45) is 0. The van der Waals surface area contributed by atoms with E-state index < -0.39 is 0 Å². The molecule has 0 fully saturated rings. The maximum Gasteiger partial charge on any atom is 0.123 e. The number of halogens is 1. The van der Waals surface area contributed by atoms with Gasteiger partial charge in [-0.2, -0.15) is 0 Å². The zero-order valence-corrected chi connectivity index (χ0v) is 7.32. The molecule has 0 aliphatic rings. The number of anilines is 1. The first-order valence-electron chi connectivity index (χ1n) is 3.78. The second-order valence-electron chi connectivity index (χ2n) is 2.86. The highest BCUT2D eigenvalue weighted by Crippen LogP contribution is 2.16. The summed E-state index contributed by atoms with van der Waals surface area (Å²) in [5.41, 5.74) is 2.65. The Labute approximate surface area is 71.9 Å². The Kier molecular flexibility index (Phi) is 2.48. The topological polar surface area (TPSA) is 12.0 Å². The number of hydrogen-bond acceptors (Lipinski definition) is 1. The van der Waals surface area contributed by atoms with Gasteiger partial charge in [0.1, 0.15) is 5.82 Å². The average Bonchev–Trinajstić information content (AvgIpc) is 1.94. The number of hydrogen-bond donors (Lipinski definition) is 1. The second kappa shape index (κ2) is 3.39. The predicted molar refractivity (Wildman–Crippen MR) is 49.6 cm³/mol. The third kappa shape index (κ3) is 2.09. The Morgan fingerprint density at radius 1 is 1.50 bits per heavy atom. The van der Waals surface area contributed by atoms with E-state index in [1.54, 1.807) is 6.07 Å². The van der Waals surface area contributed by atoms with Gasteiger partial charge in [-0.3, -0.25) is 0 Å². The highest BCUT2D eigenvalue weighted by molar-refractivity contribution is 5.53. The van der Waals surface area contributed by atoms with E-state index in [4.69, 9.17) is 0 Å². The van der Waals surface area contributed by atoms with Crippen LogP contribution in [0.15, 0.2) is 30.5 Å². The van der Waals surface area contributed by atoms with Crippen molar-refractivity contribution in [1.82, 2.24) is 0 Å². The summed E-state index contributed by atoms with van der Waals surface area (Å²) in [5, 5.41) is 3.04. The summed E-state index contributed by atoms with van der Waals surface area (Å²) in [6, 6.07) is 4.63. The van der Waals surface area contributed by atoms with Crippen molar-refractivity contribution < 1.29 is 4.39 Å². The Balaban J connectivity index is 2.93. The van der Waals surface area contributed by atoms with Crippen molar-refractivity contribution in [3.05, 3.63) is 41.9 Å². The lowest BCUT2D eigenvalue weighted by Gasteiger charge is -2.07. The monoisotopic (exact) mass is 165 g/mol. The molecular weight excluding hydrogens is 153 g/mol. The van der Waals surface area contributed by atoms with E-state index in [9.17, 15) is 4.39 Å². The van der Waals surface area contributed by atoms with Crippen molar-refractivity contribution >= 4 is 5.69 Å². The lowest BCUT2D eigenvalue weighted by Crippen LogP contribution is -1.96. The molecule has 0 aliphatic carbocycles. The van der Waals surface area contributed by atoms with Crippen molar-refractivity contribution in [2.75, 3.05) is 5.32 Å². The average molecular weight is 165 g/mol. The zero-order chi connectivity index (χ0) is 9.14. The molecule has 0 aromatic heterocycles. The van der Waals surface area contributed by atoms with Crippen LogP contribution in [-0.2, 0) is 0 Å². The summed E-state index contributed by atoms with van der Waals surface area (Å²) in [6.45, 7) is 7.43. The van der Waals surface area contributed by atoms with E-state index in [2.05, 4.69) is 11.9 Å². The van der Waals surface area contributed by atoms with Crippen LogP contribution in [0.3, 0.4) is 0 Å². The van der Waals surface area contributed by atoms with Gasteiger partial charge in [0, 0.05) is 11.4 Å². The third-order valence-corrected chi connectivity index (χ3v) is 1.54. The van der Waals surface area contributed by atoms with E-state index >= 15 is 0 Å². The van der Waals surface area contributed by atoms with E-state index in [0.717, 1.165) is 16.9 Å².